The Labute approximate surface area is 108 Å². The number of rotatable bonds is 4. The smallest absolute Gasteiger partial charge is 0.306 e. The van der Waals surface area contributed by atoms with Crippen molar-refractivity contribution in [2.75, 3.05) is 20.1 Å². The van der Waals surface area contributed by atoms with Crippen molar-refractivity contribution in [1.29, 1.82) is 0 Å². The number of carboxylic acids is 1. The van der Waals surface area contributed by atoms with E-state index in [9.17, 15) is 4.79 Å². The molecule has 3 nitrogen and oxygen atoms in total. The maximum atomic E-state index is 10.9. The Kier molecular flexibility index (Phi) is 4.02. The summed E-state index contributed by atoms with van der Waals surface area (Å²) in [6.45, 7) is 4.02. The monoisotopic (exact) mass is 247 g/mol. The summed E-state index contributed by atoms with van der Waals surface area (Å²) >= 11 is 0. The van der Waals surface area contributed by atoms with E-state index in [1.807, 2.05) is 6.07 Å². The van der Waals surface area contributed by atoms with E-state index in [-0.39, 0.29) is 5.92 Å². The zero-order valence-electron chi connectivity index (χ0n) is 11.1. The van der Waals surface area contributed by atoms with Crippen LogP contribution in [-0.4, -0.2) is 36.1 Å². The molecule has 0 aromatic heterocycles. The number of carbonyl (C=O) groups is 1. The van der Waals surface area contributed by atoms with Gasteiger partial charge in [0.2, 0.25) is 0 Å². The van der Waals surface area contributed by atoms with E-state index in [4.69, 9.17) is 5.11 Å². The van der Waals surface area contributed by atoms with E-state index in [1.54, 1.807) is 6.92 Å². The maximum Gasteiger partial charge on any atom is 0.306 e. The van der Waals surface area contributed by atoms with Gasteiger partial charge in [0.1, 0.15) is 0 Å². The maximum absolute atomic E-state index is 10.9. The van der Waals surface area contributed by atoms with E-state index in [1.165, 1.54) is 12.0 Å². The van der Waals surface area contributed by atoms with Crippen molar-refractivity contribution >= 4 is 5.97 Å². The Balaban J connectivity index is 2.08. The molecule has 2 unspecified atom stereocenters. The summed E-state index contributed by atoms with van der Waals surface area (Å²) in [5, 5.41) is 8.95. The van der Waals surface area contributed by atoms with Gasteiger partial charge in [-0.15, -0.1) is 0 Å². The number of aliphatic carboxylic acids is 1. The summed E-state index contributed by atoms with van der Waals surface area (Å²) in [5.41, 5.74) is 2.49. The van der Waals surface area contributed by atoms with E-state index in [0.29, 0.717) is 12.3 Å². The van der Waals surface area contributed by atoms with Crippen LogP contribution in [0, 0.1) is 5.92 Å². The molecular weight excluding hydrogens is 226 g/mol. The highest BCUT2D eigenvalue weighted by Crippen LogP contribution is 2.27. The molecule has 1 aliphatic heterocycles. The second kappa shape index (κ2) is 5.53. The minimum absolute atomic E-state index is 0.313. The fourth-order valence-electron chi connectivity index (χ4n) is 2.62. The predicted octanol–water partition coefficient (Wildman–Crippen LogP) is 2.37. The van der Waals surface area contributed by atoms with Crippen LogP contribution in [0.5, 0.6) is 0 Å². The van der Waals surface area contributed by atoms with Crippen molar-refractivity contribution < 1.29 is 9.90 Å². The Bertz CT molecular complexity index is 430. The number of hydrogen-bond donors (Lipinski definition) is 1. The van der Waals surface area contributed by atoms with Gasteiger partial charge in [-0.25, -0.2) is 0 Å². The number of likely N-dealkylation sites (N-methyl/N-ethyl adjacent to an activating group) is 1. The van der Waals surface area contributed by atoms with Gasteiger partial charge in [-0.2, -0.15) is 0 Å². The van der Waals surface area contributed by atoms with Crippen LogP contribution in [0.15, 0.2) is 24.3 Å². The lowest BCUT2D eigenvalue weighted by Gasteiger charge is -2.13. The SMILES string of the molecule is CC(Cc1cccc(C2CCN(C)C2)c1)C(=O)O. The molecule has 18 heavy (non-hydrogen) atoms. The molecule has 1 fully saturated rings. The van der Waals surface area contributed by atoms with Gasteiger partial charge in [-0.3, -0.25) is 4.79 Å². The fourth-order valence-corrected chi connectivity index (χ4v) is 2.62. The van der Waals surface area contributed by atoms with Crippen molar-refractivity contribution in [2.45, 2.75) is 25.7 Å². The summed E-state index contributed by atoms with van der Waals surface area (Å²) in [6, 6.07) is 8.43. The van der Waals surface area contributed by atoms with Crippen LogP contribution in [-0.2, 0) is 11.2 Å². The van der Waals surface area contributed by atoms with Crippen LogP contribution in [0.2, 0.25) is 0 Å². The number of hydrogen-bond acceptors (Lipinski definition) is 2. The molecule has 0 spiro atoms. The fraction of sp³-hybridized carbons (Fsp3) is 0.533. The lowest BCUT2D eigenvalue weighted by Crippen LogP contribution is -2.14. The highest BCUT2D eigenvalue weighted by Gasteiger charge is 2.21. The third kappa shape index (κ3) is 3.10. The quantitative estimate of drug-likeness (QED) is 0.888. The van der Waals surface area contributed by atoms with Crippen LogP contribution in [0.3, 0.4) is 0 Å². The van der Waals surface area contributed by atoms with Gasteiger partial charge in [-0.1, -0.05) is 31.2 Å². The zero-order valence-corrected chi connectivity index (χ0v) is 11.1. The lowest BCUT2D eigenvalue weighted by atomic mass is 9.93. The van der Waals surface area contributed by atoms with Crippen molar-refractivity contribution in [2.24, 2.45) is 5.92 Å². The van der Waals surface area contributed by atoms with Crippen LogP contribution in [0.1, 0.15) is 30.4 Å². The van der Waals surface area contributed by atoms with Crippen LogP contribution >= 0.6 is 0 Å². The third-order valence-corrected chi connectivity index (χ3v) is 3.78. The summed E-state index contributed by atoms with van der Waals surface area (Å²) < 4.78 is 0. The minimum Gasteiger partial charge on any atom is -0.481 e. The highest BCUT2D eigenvalue weighted by atomic mass is 16.4. The average Bonchev–Trinajstić information content (AvgIpc) is 2.76. The van der Waals surface area contributed by atoms with Crippen LogP contribution in [0.25, 0.3) is 0 Å². The van der Waals surface area contributed by atoms with Crippen molar-refractivity contribution in [3.63, 3.8) is 0 Å². The molecule has 1 heterocycles. The Morgan fingerprint density at radius 1 is 1.56 bits per heavy atom. The summed E-state index contributed by atoms with van der Waals surface area (Å²) in [5.74, 6) is -0.428. The standard InChI is InChI=1S/C15H21NO2/c1-11(15(17)18)8-12-4-3-5-13(9-12)14-6-7-16(2)10-14/h3-5,9,11,14H,6-8,10H2,1-2H3,(H,17,18). The second-order valence-corrected chi connectivity index (χ2v) is 5.44. The molecule has 1 N–H and O–H groups in total. The molecule has 0 radical (unpaired) electrons. The van der Waals surface area contributed by atoms with Gasteiger partial charge in [0.25, 0.3) is 0 Å². The van der Waals surface area contributed by atoms with Crippen LogP contribution in [0.4, 0.5) is 0 Å². The molecule has 0 aliphatic carbocycles. The summed E-state index contributed by atoms with van der Waals surface area (Å²) in [6.07, 6.45) is 1.82. The largest absolute Gasteiger partial charge is 0.481 e. The first-order valence-corrected chi connectivity index (χ1v) is 6.56. The molecule has 1 aromatic carbocycles. The van der Waals surface area contributed by atoms with Gasteiger partial charge >= 0.3 is 5.97 Å². The van der Waals surface area contributed by atoms with E-state index in [0.717, 1.165) is 18.7 Å². The Hall–Kier alpha value is -1.35. The predicted molar refractivity (Wildman–Crippen MR) is 71.8 cm³/mol. The lowest BCUT2D eigenvalue weighted by molar-refractivity contribution is -0.141. The Morgan fingerprint density at radius 3 is 2.94 bits per heavy atom. The van der Waals surface area contributed by atoms with Gasteiger partial charge < -0.3 is 10.0 Å². The highest BCUT2D eigenvalue weighted by molar-refractivity contribution is 5.69. The van der Waals surface area contributed by atoms with Crippen molar-refractivity contribution in [3.8, 4) is 0 Å². The van der Waals surface area contributed by atoms with Gasteiger partial charge in [0, 0.05) is 6.54 Å². The molecule has 0 bridgehead atoms. The molecule has 2 rings (SSSR count). The molecule has 0 amide bonds. The summed E-state index contributed by atoms with van der Waals surface area (Å²) in [7, 11) is 2.15. The van der Waals surface area contributed by atoms with E-state index in [2.05, 4.69) is 30.1 Å². The number of benzene rings is 1. The van der Waals surface area contributed by atoms with Crippen LogP contribution < -0.4 is 0 Å². The normalized spacial score (nSPS) is 22.0. The van der Waals surface area contributed by atoms with Gasteiger partial charge in [-0.05, 0) is 43.5 Å². The van der Waals surface area contributed by atoms with E-state index >= 15 is 0 Å². The molecule has 1 aromatic rings. The number of carboxylic acid groups (broad SMARTS) is 1. The molecule has 0 saturated carbocycles. The van der Waals surface area contributed by atoms with Crippen molar-refractivity contribution in [1.82, 2.24) is 4.90 Å². The van der Waals surface area contributed by atoms with Gasteiger partial charge in [0.15, 0.2) is 0 Å². The number of nitrogens with zero attached hydrogens (tertiary/aromatic N) is 1. The van der Waals surface area contributed by atoms with E-state index < -0.39 is 5.97 Å². The topological polar surface area (TPSA) is 40.5 Å². The van der Waals surface area contributed by atoms with Crippen molar-refractivity contribution in [3.05, 3.63) is 35.4 Å². The summed E-state index contributed by atoms with van der Waals surface area (Å²) in [4.78, 5) is 13.2. The first-order chi connectivity index (χ1) is 8.56. The molecule has 1 aliphatic rings. The first-order valence-electron chi connectivity index (χ1n) is 6.56. The molecule has 3 heteroatoms. The average molecular weight is 247 g/mol. The second-order valence-electron chi connectivity index (χ2n) is 5.44. The minimum atomic E-state index is -0.721. The first kappa shape index (κ1) is 13.1. The molecule has 1 saturated heterocycles. The molecule has 98 valence electrons. The number of likely N-dealkylation sites (tertiary alicyclic amines) is 1. The molecular formula is C15H21NO2. The molecule has 2 atom stereocenters. The Morgan fingerprint density at radius 2 is 2.33 bits per heavy atom. The zero-order chi connectivity index (χ0) is 13.1. The third-order valence-electron chi connectivity index (χ3n) is 3.78. The van der Waals surface area contributed by atoms with Gasteiger partial charge in [0.05, 0.1) is 5.92 Å².